The Bertz CT molecular complexity index is 395. The van der Waals surface area contributed by atoms with Gasteiger partial charge in [0.05, 0.1) is 11.1 Å². The molecular formula is C16H26N2OS. The smallest absolute Gasteiger partial charge is 0.0794 e. The Hall–Kier alpha value is -0.450. The molecule has 3 rings (SSSR count). The van der Waals surface area contributed by atoms with E-state index in [0.29, 0.717) is 12.0 Å². The average molecular weight is 294 g/mol. The second-order valence-corrected chi connectivity index (χ2v) is 7.20. The van der Waals surface area contributed by atoms with Gasteiger partial charge in [0, 0.05) is 23.7 Å². The second-order valence-electron chi connectivity index (χ2n) is 6.28. The van der Waals surface area contributed by atoms with Crippen LogP contribution in [0.25, 0.3) is 0 Å². The van der Waals surface area contributed by atoms with Crippen LogP contribution >= 0.6 is 11.3 Å². The molecule has 1 saturated heterocycles. The highest BCUT2D eigenvalue weighted by molar-refractivity contribution is 7.09. The first-order valence-electron chi connectivity index (χ1n) is 8.09. The molecule has 1 saturated carbocycles. The van der Waals surface area contributed by atoms with Crippen molar-refractivity contribution in [3.05, 3.63) is 16.6 Å². The fraction of sp³-hybridized carbons (Fsp3) is 0.812. The van der Waals surface area contributed by atoms with Crippen LogP contribution < -0.4 is 5.32 Å². The molecule has 0 radical (unpaired) electrons. The summed E-state index contributed by atoms with van der Waals surface area (Å²) >= 11 is 1.79. The predicted molar refractivity (Wildman–Crippen MR) is 83.0 cm³/mol. The van der Waals surface area contributed by atoms with Crippen LogP contribution in [0.1, 0.15) is 62.8 Å². The van der Waals surface area contributed by atoms with Crippen molar-refractivity contribution < 1.29 is 4.74 Å². The van der Waals surface area contributed by atoms with Crippen molar-refractivity contribution in [2.75, 3.05) is 13.2 Å². The van der Waals surface area contributed by atoms with E-state index in [-0.39, 0.29) is 5.60 Å². The normalized spacial score (nSPS) is 27.6. The quantitative estimate of drug-likeness (QED) is 0.914. The van der Waals surface area contributed by atoms with Crippen LogP contribution in [0.2, 0.25) is 0 Å². The maximum absolute atomic E-state index is 6.24. The van der Waals surface area contributed by atoms with Gasteiger partial charge in [0.1, 0.15) is 0 Å². The van der Waals surface area contributed by atoms with Gasteiger partial charge in [-0.3, -0.25) is 4.98 Å². The third-order valence-corrected chi connectivity index (χ3v) is 5.81. The summed E-state index contributed by atoms with van der Waals surface area (Å²) in [6, 6.07) is 0.468. The summed E-state index contributed by atoms with van der Waals surface area (Å²) in [5, 5.41) is 3.69. The zero-order chi connectivity index (χ0) is 13.8. The van der Waals surface area contributed by atoms with Crippen molar-refractivity contribution in [1.82, 2.24) is 10.3 Å². The molecule has 1 aliphatic carbocycles. The number of ether oxygens (including phenoxy) is 1. The Morgan fingerprint density at radius 2 is 2.30 bits per heavy atom. The van der Waals surface area contributed by atoms with E-state index >= 15 is 0 Å². The Balaban J connectivity index is 1.73. The van der Waals surface area contributed by atoms with Crippen molar-refractivity contribution in [2.24, 2.45) is 5.92 Å². The summed E-state index contributed by atoms with van der Waals surface area (Å²) in [5.41, 5.74) is 2.15. The lowest BCUT2D eigenvalue weighted by atomic mass is 9.74. The first-order chi connectivity index (χ1) is 9.83. The summed E-state index contributed by atoms with van der Waals surface area (Å²) in [6.45, 7) is 4.15. The van der Waals surface area contributed by atoms with Crippen LogP contribution in [0.4, 0.5) is 0 Å². The molecule has 2 atom stereocenters. The maximum Gasteiger partial charge on any atom is 0.0794 e. The molecule has 112 valence electrons. The van der Waals surface area contributed by atoms with Crippen molar-refractivity contribution in [2.45, 2.75) is 63.5 Å². The van der Waals surface area contributed by atoms with E-state index in [1.165, 1.54) is 49.8 Å². The molecule has 1 aromatic rings. The molecule has 2 unspecified atom stereocenters. The molecule has 1 aliphatic heterocycles. The van der Waals surface area contributed by atoms with E-state index in [2.05, 4.69) is 17.2 Å². The van der Waals surface area contributed by atoms with Crippen LogP contribution in [-0.2, 0) is 4.74 Å². The average Bonchev–Trinajstić information content (AvgIpc) is 2.99. The van der Waals surface area contributed by atoms with Crippen molar-refractivity contribution in [1.29, 1.82) is 0 Å². The molecular weight excluding hydrogens is 268 g/mol. The fourth-order valence-electron chi connectivity index (χ4n) is 3.99. The molecule has 2 fully saturated rings. The van der Waals surface area contributed by atoms with E-state index in [4.69, 9.17) is 4.74 Å². The zero-order valence-corrected chi connectivity index (χ0v) is 13.3. The van der Waals surface area contributed by atoms with E-state index in [1.54, 1.807) is 11.3 Å². The van der Waals surface area contributed by atoms with Crippen molar-refractivity contribution in [3.63, 3.8) is 0 Å². The van der Waals surface area contributed by atoms with Gasteiger partial charge in [-0.25, -0.2) is 0 Å². The van der Waals surface area contributed by atoms with Gasteiger partial charge in [0.25, 0.3) is 0 Å². The molecule has 3 nitrogen and oxygen atoms in total. The molecule has 20 heavy (non-hydrogen) atoms. The van der Waals surface area contributed by atoms with Crippen molar-refractivity contribution in [3.8, 4) is 0 Å². The predicted octanol–water partition coefficient (Wildman–Crippen LogP) is 3.92. The minimum Gasteiger partial charge on any atom is -0.375 e. The molecule has 1 spiro atoms. The topological polar surface area (TPSA) is 34.2 Å². The van der Waals surface area contributed by atoms with Gasteiger partial charge in [0.15, 0.2) is 0 Å². The minimum atomic E-state index is 0.194. The monoisotopic (exact) mass is 294 g/mol. The largest absolute Gasteiger partial charge is 0.375 e. The van der Waals surface area contributed by atoms with E-state index in [1.807, 2.05) is 11.7 Å². The minimum absolute atomic E-state index is 0.194. The number of rotatable bonds is 4. The molecule has 0 amide bonds. The molecule has 0 aromatic carbocycles. The first-order valence-corrected chi connectivity index (χ1v) is 8.97. The molecule has 1 N–H and O–H groups in total. The van der Waals surface area contributed by atoms with Crippen LogP contribution in [0.5, 0.6) is 0 Å². The van der Waals surface area contributed by atoms with Gasteiger partial charge in [0.2, 0.25) is 0 Å². The highest BCUT2D eigenvalue weighted by Crippen LogP contribution is 2.44. The van der Waals surface area contributed by atoms with Crippen LogP contribution in [-0.4, -0.2) is 23.7 Å². The van der Waals surface area contributed by atoms with Gasteiger partial charge in [-0.2, -0.15) is 0 Å². The standard InChI is InChI=1S/C16H26N2OS/c1-2-18-15(14-11-17-12-20-14)13-6-9-19-16(10-13)7-4-3-5-8-16/h11-13,15,18H,2-10H2,1H3. The van der Waals surface area contributed by atoms with Crippen LogP contribution in [0.15, 0.2) is 11.7 Å². The maximum atomic E-state index is 6.24. The van der Waals surface area contributed by atoms with Crippen molar-refractivity contribution >= 4 is 11.3 Å². The number of thiazole rings is 1. The van der Waals surface area contributed by atoms with Gasteiger partial charge in [-0.05, 0) is 38.1 Å². The van der Waals surface area contributed by atoms with E-state index in [0.717, 1.165) is 13.2 Å². The fourth-order valence-corrected chi connectivity index (χ4v) is 4.78. The Labute approximate surface area is 126 Å². The molecule has 1 aromatic heterocycles. The lowest BCUT2D eigenvalue weighted by molar-refractivity contribution is -0.121. The number of hydrogen-bond donors (Lipinski definition) is 1. The lowest BCUT2D eigenvalue weighted by Gasteiger charge is -2.45. The Morgan fingerprint density at radius 3 is 3.00 bits per heavy atom. The molecule has 2 heterocycles. The highest BCUT2D eigenvalue weighted by atomic mass is 32.1. The molecule has 0 bridgehead atoms. The number of aromatic nitrogens is 1. The van der Waals surface area contributed by atoms with Crippen LogP contribution in [0.3, 0.4) is 0 Å². The van der Waals surface area contributed by atoms with Crippen LogP contribution in [0, 0.1) is 5.92 Å². The summed E-state index contributed by atoms with van der Waals surface area (Å²) in [6.07, 6.45) is 11.1. The lowest BCUT2D eigenvalue weighted by Crippen LogP contribution is -2.44. The SMILES string of the molecule is CCNC(c1cncs1)C1CCOC2(CCCCC2)C1. The highest BCUT2D eigenvalue weighted by Gasteiger charge is 2.41. The number of hydrogen-bond acceptors (Lipinski definition) is 4. The van der Waals surface area contributed by atoms with Gasteiger partial charge >= 0.3 is 0 Å². The Morgan fingerprint density at radius 1 is 1.45 bits per heavy atom. The number of nitrogens with zero attached hydrogens (tertiary/aromatic N) is 1. The summed E-state index contributed by atoms with van der Waals surface area (Å²) in [7, 11) is 0. The van der Waals surface area contributed by atoms with Gasteiger partial charge < -0.3 is 10.1 Å². The summed E-state index contributed by atoms with van der Waals surface area (Å²) < 4.78 is 6.24. The zero-order valence-electron chi connectivity index (χ0n) is 12.4. The van der Waals surface area contributed by atoms with E-state index < -0.39 is 0 Å². The molecule has 2 aliphatic rings. The second kappa shape index (κ2) is 6.54. The third kappa shape index (κ3) is 3.07. The van der Waals surface area contributed by atoms with Gasteiger partial charge in [-0.15, -0.1) is 11.3 Å². The van der Waals surface area contributed by atoms with E-state index in [9.17, 15) is 0 Å². The Kier molecular flexibility index (Phi) is 4.74. The summed E-state index contributed by atoms with van der Waals surface area (Å²) in [5.74, 6) is 0.697. The van der Waals surface area contributed by atoms with Gasteiger partial charge in [-0.1, -0.05) is 26.2 Å². The summed E-state index contributed by atoms with van der Waals surface area (Å²) in [4.78, 5) is 5.66. The number of nitrogens with one attached hydrogen (secondary N) is 1. The first kappa shape index (κ1) is 14.5. The molecule has 4 heteroatoms. The third-order valence-electron chi connectivity index (χ3n) is 4.95.